The van der Waals surface area contributed by atoms with E-state index in [4.69, 9.17) is 9.72 Å². The first-order valence-corrected chi connectivity index (χ1v) is 23.2. The van der Waals surface area contributed by atoms with Gasteiger partial charge in [-0.2, -0.15) is 10.2 Å². The number of fused-ring (bicyclic) bond motifs is 4. The standard InChI is InChI=1S/C46H55F2N11O5/c1-54-40-29(3-2-4-35(40)59(45(54)63)36-11-12-38(60)52-44(36)62)8-5-28-20-46(21-28)14-17-55(18-15-46)23-27-6-9-30(10-7-27)58-25-34(39(53-58)41(47)48)50-43(61)33-22-49-57-16-13-37(51-42(33)57)56-24-32-19-31(56)26-64-32/h2-4,13,16,22,25,27-28,30-32,36,41H,5-12,14-15,17-21,23-24,26H2,1H3,(H,50,61)(H,52,60,62)/t27-,30-,31-,32-,36?/m1/s1. The van der Waals surface area contributed by atoms with E-state index in [0.29, 0.717) is 35.9 Å². The minimum Gasteiger partial charge on any atom is -0.374 e. The number of para-hydroxylation sites is 1. The van der Waals surface area contributed by atoms with Gasteiger partial charge in [0, 0.05) is 39.0 Å². The topological polar surface area (TPSA) is 166 Å². The number of aryl methyl sites for hydroxylation is 2. The van der Waals surface area contributed by atoms with Crippen LogP contribution in [0, 0.1) is 17.3 Å². The molecule has 4 aliphatic heterocycles. The second-order valence-electron chi connectivity index (χ2n) is 19.5. The molecule has 338 valence electrons. The van der Waals surface area contributed by atoms with Crippen molar-refractivity contribution < 1.29 is 27.9 Å². The molecular formula is C46H55F2N11O5. The molecule has 3 amide bonds. The summed E-state index contributed by atoms with van der Waals surface area (Å²) in [6.45, 7) is 4.64. The molecule has 2 N–H and O–H groups in total. The first kappa shape index (κ1) is 41.2. The van der Waals surface area contributed by atoms with Crippen LogP contribution in [0.3, 0.4) is 0 Å². The molecule has 2 aliphatic carbocycles. The van der Waals surface area contributed by atoms with Gasteiger partial charge in [0.2, 0.25) is 11.8 Å². The van der Waals surface area contributed by atoms with Crippen LogP contribution in [0.15, 0.2) is 47.7 Å². The van der Waals surface area contributed by atoms with Gasteiger partial charge in [0.1, 0.15) is 17.4 Å². The number of carbonyl (C=O) groups is 3. The molecule has 4 saturated heterocycles. The summed E-state index contributed by atoms with van der Waals surface area (Å²) in [7, 11) is 1.77. The van der Waals surface area contributed by atoms with E-state index in [2.05, 4.69) is 36.7 Å². The number of benzene rings is 1. The fraction of sp³-hybridized carbons (Fsp3) is 0.587. The van der Waals surface area contributed by atoms with Crippen LogP contribution < -0.4 is 21.2 Å². The molecular weight excluding hydrogens is 825 g/mol. The highest BCUT2D eigenvalue weighted by molar-refractivity contribution is 6.08. The number of anilines is 2. The molecule has 1 unspecified atom stereocenters. The second-order valence-corrected chi connectivity index (χ2v) is 19.5. The number of piperidine rings is 2. The highest BCUT2D eigenvalue weighted by Crippen LogP contribution is 2.54. The zero-order valence-electron chi connectivity index (χ0n) is 36.1. The van der Waals surface area contributed by atoms with Crippen molar-refractivity contribution in [2.45, 2.75) is 114 Å². The summed E-state index contributed by atoms with van der Waals surface area (Å²) >= 11 is 0. The van der Waals surface area contributed by atoms with Gasteiger partial charge in [-0.1, -0.05) is 12.1 Å². The zero-order valence-corrected chi connectivity index (χ0v) is 36.1. The lowest BCUT2D eigenvalue weighted by atomic mass is 9.56. The Morgan fingerprint density at radius 2 is 1.84 bits per heavy atom. The highest BCUT2D eigenvalue weighted by atomic mass is 19.3. The molecule has 4 aromatic heterocycles. The van der Waals surface area contributed by atoms with Gasteiger partial charge in [-0.3, -0.25) is 33.5 Å². The van der Waals surface area contributed by atoms with Gasteiger partial charge in [0.25, 0.3) is 12.3 Å². The van der Waals surface area contributed by atoms with Crippen molar-refractivity contribution in [1.29, 1.82) is 0 Å². The number of morpholine rings is 1. The summed E-state index contributed by atoms with van der Waals surface area (Å²) < 4.78 is 40.8. The molecule has 8 heterocycles. The van der Waals surface area contributed by atoms with E-state index in [1.807, 2.05) is 18.2 Å². The molecule has 18 heteroatoms. The third-order valence-electron chi connectivity index (χ3n) is 15.6. The number of aromatic nitrogens is 7. The number of imidazole rings is 1. The van der Waals surface area contributed by atoms with Crippen molar-refractivity contribution in [2.75, 3.05) is 43.0 Å². The van der Waals surface area contributed by atoms with E-state index >= 15 is 0 Å². The van der Waals surface area contributed by atoms with Crippen LogP contribution >= 0.6 is 0 Å². The second kappa shape index (κ2) is 16.2. The Morgan fingerprint density at radius 3 is 2.58 bits per heavy atom. The number of hydrogen-bond acceptors (Lipinski definition) is 10. The summed E-state index contributed by atoms with van der Waals surface area (Å²) in [6, 6.07) is 7.38. The van der Waals surface area contributed by atoms with Crippen molar-refractivity contribution in [1.82, 2.24) is 43.7 Å². The molecule has 6 fully saturated rings. The SMILES string of the molecule is Cn1c(=O)n(C2CCC(=O)NC2=O)c2cccc(CCC3CC4(CCN(C[C@H]5CC[C@H](n6cc(NC(=O)c7cnn8ccc(N9C[C@H]%10C[C@@H]9CO%10)nc78)c(C(F)F)n6)CC5)CC4)C3)c21. The van der Waals surface area contributed by atoms with Crippen molar-refractivity contribution in [3.8, 4) is 0 Å². The lowest BCUT2D eigenvalue weighted by Crippen LogP contribution is -2.48. The Hall–Kier alpha value is -5.49. The summed E-state index contributed by atoms with van der Waals surface area (Å²) in [4.78, 5) is 61.0. The van der Waals surface area contributed by atoms with Gasteiger partial charge in [-0.15, -0.1) is 0 Å². The first-order chi connectivity index (χ1) is 31.0. The number of nitrogens with zero attached hydrogens (tertiary/aromatic N) is 9. The predicted molar refractivity (Wildman–Crippen MR) is 232 cm³/mol. The Kier molecular flexibility index (Phi) is 10.4. The molecule has 2 saturated carbocycles. The molecule has 1 aromatic carbocycles. The number of imide groups is 1. The van der Waals surface area contributed by atoms with Gasteiger partial charge >= 0.3 is 5.69 Å². The van der Waals surface area contributed by atoms with Crippen molar-refractivity contribution in [3.05, 3.63) is 70.2 Å². The smallest absolute Gasteiger partial charge is 0.329 e. The maximum absolute atomic E-state index is 14.3. The number of nitrogens with one attached hydrogen (secondary N) is 2. The Bertz CT molecular complexity index is 2680. The lowest BCUT2D eigenvalue weighted by molar-refractivity contribution is -0.135. The normalized spacial score (nSPS) is 26.1. The summed E-state index contributed by atoms with van der Waals surface area (Å²) in [5.74, 6) is 0.665. The van der Waals surface area contributed by atoms with Gasteiger partial charge in [0.15, 0.2) is 11.3 Å². The minimum atomic E-state index is -2.85. The molecule has 6 aliphatic rings. The number of likely N-dealkylation sites (tertiary alicyclic amines) is 1. The Morgan fingerprint density at radius 1 is 1.03 bits per heavy atom. The number of hydrogen-bond donors (Lipinski definition) is 2. The van der Waals surface area contributed by atoms with E-state index in [1.54, 1.807) is 33.3 Å². The van der Waals surface area contributed by atoms with Crippen LogP contribution in [0.5, 0.6) is 0 Å². The van der Waals surface area contributed by atoms with Crippen molar-refractivity contribution in [3.63, 3.8) is 0 Å². The number of rotatable bonds is 11. The number of halogens is 2. The van der Waals surface area contributed by atoms with Crippen LogP contribution in [0.4, 0.5) is 20.3 Å². The minimum absolute atomic E-state index is 0.0122. The molecule has 1 spiro atoms. The van der Waals surface area contributed by atoms with E-state index < -0.39 is 30.0 Å². The van der Waals surface area contributed by atoms with Gasteiger partial charge in [0.05, 0.1) is 47.7 Å². The zero-order chi connectivity index (χ0) is 43.9. The summed E-state index contributed by atoms with van der Waals surface area (Å²) in [5, 5.41) is 13.7. The van der Waals surface area contributed by atoms with Gasteiger partial charge in [-0.05, 0) is 125 Å². The molecule has 0 radical (unpaired) electrons. The fourth-order valence-electron chi connectivity index (χ4n) is 12.2. The van der Waals surface area contributed by atoms with Gasteiger partial charge < -0.3 is 19.9 Å². The van der Waals surface area contributed by atoms with E-state index in [9.17, 15) is 28.0 Å². The van der Waals surface area contributed by atoms with Crippen molar-refractivity contribution in [2.24, 2.45) is 24.3 Å². The molecule has 16 nitrogen and oxygen atoms in total. The Balaban J connectivity index is 0.654. The highest BCUT2D eigenvalue weighted by Gasteiger charge is 2.46. The number of ether oxygens (including phenoxy) is 1. The summed E-state index contributed by atoms with van der Waals surface area (Å²) in [6.07, 6.45) is 14.1. The van der Waals surface area contributed by atoms with E-state index in [-0.39, 0.29) is 47.5 Å². The largest absolute Gasteiger partial charge is 0.374 e. The van der Waals surface area contributed by atoms with Crippen molar-refractivity contribution >= 4 is 45.9 Å². The Labute approximate surface area is 368 Å². The number of carbonyl (C=O) groups excluding carboxylic acids is 3. The first-order valence-electron chi connectivity index (χ1n) is 23.2. The van der Waals surface area contributed by atoms with Crippen LogP contribution in [-0.4, -0.2) is 101 Å². The molecule has 2 bridgehead atoms. The van der Waals surface area contributed by atoms with Crippen LogP contribution in [-0.2, 0) is 27.8 Å². The van der Waals surface area contributed by atoms with Crippen LogP contribution in [0.1, 0.15) is 117 Å². The average Bonchev–Trinajstić information content (AvgIpc) is 4.13. The van der Waals surface area contributed by atoms with E-state index in [1.165, 1.54) is 36.4 Å². The number of alkyl halides is 2. The van der Waals surface area contributed by atoms with Gasteiger partial charge in [-0.25, -0.2) is 23.1 Å². The average molecular weight is 880 g/mol. The molecule has 3 atom stereocenters. The fourth-order valence-corrected chi connectivity index (χ4v) is 12.2. The summed E-state index contributed by atoms with van der Waals surface area (Å²) in [5.41, 5.74) is 3.07. The van der Waals surface area contributed by atoms with Crippen LogP contribution in [0.25, 0.3) is 16.7 Å². The lowest BCUT2D eigenvalue weighted by Gasteiger charge is -2.53. The molecule has 64 heavy (non-hydrogen) atoms. The third kappa shape index (κ3) is 7.39. The maximum Gasteiger partial charge on any atom is 0.329 e. The predicted octanol–water partition coefficient (Wildman–Crippen LogP) is 5.58. The molecule has 11 rings (SSSR count). The monoisotopic (exact) mass is 879 g/mol. The van der Waals surface area contributed by atoms with E-state index in [0.717, 1.165) is 93.5 Å². The maximum atomic E-state index is 14.3. The molecule has 5 aromatic rings. The quantitative estimate of drug-likeness (QED) is 0.160. The third-order valence-corrected chi connectivity index (χ3v) is 15.6. The number of amides is 3. The van der Waals surface area contributed by atoms with Crippen LogP contribution in [0.2, 0.25) is 0 Å².